The molecule has 0 bridgehead atoms. The molecule has 0 aliphatic carbocycles. The summed E-state index contributed by atoms with van der Waals surface area (Å²) in [6.45, 7) is 1.11. The highest BCUT2D eigenvalue weighted by molar-refractivity contribution is 5.71. The summed E-state index contributed by atoms with van der Waals surface area (Å²) in [5.74, 6) is -0.989. The minimum atomic E-state index is -0.576. The van der Waals surface area contributed by atoms with E-state index in [0.29, 0.717) is 26.1 Å². The first-order valence-corrected chi connectivity index (χ1v) is 11.1. The number of hydrogen-bond donors (Lipinski definition) is 1. The number of aliphatic hydroxyl groups is 1. The molecular formula is C23H32O9. The summed E-state index contributed by atoms with van der Waals surface area (Å²) in [5, 5.41) is 9.86. The predicted octanol–water partition coefficient (Wildman–Crippen LogP) is 1.39. The van der Waals surface area contributed by atoms with Crippen molar-refractivity contribution >= 4 is 11.9 Å². The molecule has 2 aliphatic rings. The van der Waals surface area contributed by atoms with Crippen LogP contribution >= 0.6 is 0 Å². The molecule has 0 saturated carbocycles. The summed E-state index contributed by atoms with van der Waals surface area (Å²) in [5.41, 5.74) is 0.898. The molecule has 2 aliphatic heterocycles. The normalized spacial score (nSPS) is 25.8. The van der Waals surface area contributed by atoms with E-state index in [9.17, 15) is 14.7 Å². The highest BCUT2D eigenvalue weighted by atomic mass is 16.6. The average molecular weight is 453 g/mol. The smallest absolute Gasteiger partial charge is 0.332 e. The Bertz CT molecular complexity index is 696. The highest BCUT2D eigenvalue weighted by Crippen LogP contribution is 2.19. The molecule has 3 rings (SSSR count). The number of carbonyl (C=O) groups is 2. The van der Waals surface area contributed by atoms with E-state index in [0.717, 1.165) is 18.4 Å². The maximum Gasteiger partial charge on any atom is 0.332 e. The molecule has 1 N–H and O–H groups in total. The molecule has 0 amide bonds. The molecule has 9 nitrogen and oxygen atoms in total. The topological polar surface area (TPSA) is 110 Å². The number of aliphatic hydroxyl groups excluding tert-OH is 1. The van der Waals surface area contributed by atoms with E-state index >= 15 is 0 Å². The molecule has 178 valence electrons. The number of hydrogen-bond acceptors (Lipinski definition) is 9. The van der Waals surface area contributed by atoms with Crippen LogP contribution in [0.15, 0.2) is 30.3 Å². The van der Waals surface area contributed by atoms with Crippen LogP contribution < -0.4 is 0 Å². The number of esters is 2. The van der Waals surface area contributed by atoms with E-state index in [4.69, 9.17) is 28.4 Å². The second-order valence-electron chi connectivity index (χ2n) is 7.88. The Labute approximate surface area is 187 Å². The number of carbonyl (C=O) groups excluding carboxylic acids is 2. The quantitative estimate of drug-likeness (QED) is 0.498. The summed E-state index contributed by atoms with van der Waals surface area (Å²) in [7, 11) is 0. The van der Waals surface area contributed by atoms with Crippen LogP contribution in [0.1, 0.15) is 31.2 Å². The third kappa shape index (κ3) is 8.48. The zero-order chi connectivity index (χ0) is 22.6. The number of benzene rings is 1. The lowest BCUT2D eigenvalue weighted by atomic mass is 10.1. The summed E-state index contributed by atoms with van der Waals surface area (Å²) < 4.78 is 32.6. The maximum atomic E-state index is 12.2. The molecule has 2 saturated heterocycles. The van der Waals surface area contributed by atoms with Gasteiger partial charge in [0.25, 0.3) is 0 Å². The van der Waals surface area contributed by atoms with Crippen LogP contribution in [0, 0.1) is 0 Å². The Morgan fingerprint density at radius 3 is 2.31 bits per heavy atom. The van der Waals surface area contributed by atoms with Gasteiger partial charge in [0.15, 0.2) is 0 Å². The van der Waals surface area contributed by atoms with E-state index in [1.165, 1.54) is 0 Å². The first-order chi connectivity index (χ1) is 15.6. The summed E-state index contributed by atoms with van der Waals surface area (Å²) in [4.78, 5) is 24.0. The van der Waals surface area contributed by atoms with Gasteiger partial charge in [-0.25, -0.2) is 9.59 Å². The van der Waals surface area contributed by atoms with Gasteiger partial charge < -0.3 is 33.5 Å². The molecular weight excluding hydrogens is 420 g/mol. The van der Waals surface area contributed by atoms with Gasteiger partial charge in [-0.3, -0.25) is 0 Å². The van der Waals surface area contributed by atoms with Gasteiger partial charge in [-0.1, -0.05) is 30.3 Å². The van der Waals surface area contributed by atoms with Gasteiger partial charge in [0, 0.05) is 13.2 Å². The van der Waals surface area contributed by atoms with E-state index in [1.54, 1.807) is 0 Å². The second kappa shape index (κ2) is 13.5. The molecule has 4 atom stereocenters. The largest absolute Gasteiger partial charge is 0.459 e. The van der Waals surface area contributed by atoms with Crippen molar-refractivity contribution in [3.05, 3.63) is 35.9 Å². The fourth-order valence-electron chi connectivity index (χ4n) is 3.59. The molecule has 32 heavy (non-hydrogen) atoms. The van der Waals surface area contributed by atoms with Gasteiger partial charge in [0.1, 0.15) is 38.1 Å². The first kappa shape index (κ1) is 24.6. The van der Waals surface area contributed by atoms with Crippen LogP contribution in [0.4, 0.5) is 0 Å². The summed E-state index contributed by atoms with van der Waals surface area (Å²) in [6.07, 6.45) is 0.952. The molecule has 0 aromatic heterocycles. The molecule has 0 unspecified atom stereocenters. The minimum Gasteiger partial charge on any atom is -0.459 e. The predicted molar refractivity (Wildman–Crippen MR) is 112 cm³/mol. The zero-order valence-corrected chi connectivity index (χ0v) is 18.2. The lowest BCUT2D eigenvalue weighted by Gasteiger charge is -2.31. The van der Waals surface area contributed by atoms with Crippen LogP contribution in [0.25, 0.3) is 0 Å². The van der Waals surface area contributed by atoms with Crippen LogP contribution in [-0.4, -0.2) is 81.1 Å². The Balaban J connectivity index is 1.32. The first-order valence-electron chi connectivity index (χ1n) is 11.1. The molecule has 0 radical (unpaired) electrons. The van der Waals surface area contributed by atoms with E-state index in [2.05, 4.69) is 0 Å². The Kier molecular flexibility index (Phi) is 10.4. The van der Waals surface area contributed by atoms with Crippen molar-refractivity contribution < 1.29 is 43.1 Å². The molecule has 9 heteroatoms. The van der Waals surface area contributed by atoms with Crippen molar-refractivity contribution in [3.8, 4) is 0 Å². The monoisotopic (exact) mass is 452 g/mol. The fraction of sp³-hybridized carbons (Fsp3) is 0.652. The molecule has 1 aromatic rings. The van der Waals surface area contributed by atoms with E-state index < -0.39 is 36.4 Å². The van der Waals surface area contributed by atoms with Gasteiger partial charge in [0.2, 0.25) is 0 Å². The van der Waals surface area contributed by atoms with Gasteiger partial charge in [-0.15, -0.1) is 0 Å². The summed E-state index contributed by atoms with van der Waals surface area (Å²) in [6, 6.07) is 9.39. The van der Waals surface area contributed by atoms with Gasteiger partial charge in [-0.05, 0) is 31.2 Å². The Morgan fingerprint density at radius 2 is 1.56 bits per heavy atom. The lowest BCUT2D eigenvalue weighted by molar-refractivity contribution is -0.178. The summed E-state index contributed by atoms with van der Waals surface area (Å²) >= 11 is 0. The third-order valence-corrected chi connectivity index (χ3v) is 5.31. The SMILES string of the molecule is O=C(COC[C@H]1OCCC[C@@H]1OC(=O)COC[C@H]1OCCC[C@@H]1O)OCc1ccccc1. The Morgan fingerprint density at radius 1 is 0.906 bits per heavy atom. The molecule has 1 aromatic carbocycles. The van der Waals surface area contributed by atoms with Crippen molar-refractivity contribution in [3.63, 3.8) is 0 Å². The molecule has 2 heterocycles. The van der Waals surface area contributed by atoms with Crippen molar-refractivity contribution in [2.24, 2.45) is 0 Å². The minimum absolute atomic E-state index is 0.112. The van der Waals surface area contributed by atoms with Crippen molar-refractivity contribution in [1.82, 2.24) is 0 Å². The van der Waals surface area contributed by atoms with Gasteiger partial charge in [0.05, 0.1) is 19.3 Å². The van der Waals surface area contributed by atoms with Crippen LogP contribution in [0.2, 0.25) is 0 Å². The van der Waals surface area contributed by atoms with Gasteiger partial charge in [-0.2, -0.15) is 0 Å². The van der Waals surface area contributed by atoms with Gasteiger partial charge >= 0.3 is 11.9 Å². The van der Waals surface area contributed by atoms with Crippen LogP contribution in [0.3, 0.4) is 0 Å². The lowest BCUT2D eigenvalue weighted by Crippen LogP contribution is -2.42. The van der Waals surface area contributed by atoms with Crippen molar-refractivity contribution in [1.29, 1.82) is 0 Å². The van der Waals surface area contributed by atoms with Crippen LogP contribution in [0.5, 0.6) is 0 Å². The van der Waals surface area contributed by atoms with Crippen molar-refractivity contribution in [2.75, 3.05) is 39.6 Å². The average Bonchev–Trinajstić information content (AvgIpc) is 2.81. The standard InChI is InChI=1S/C23H32O9/c24-18-8-4-10-29-20(18)13-27-16-23(26)32-19-9-5-11-30-21(19)14-28-15-22(25)31-12-17-6-2-1-3-7-17/h1-3,6-7,18-21,24H,4-5,8-16H2/t18-,19-,20+,21+/m0/s1. The molecule has 2 fully saturated rings. The maximum absolute atomic E-state index is 12.2. The third-order valence-electron chi connectivity index (χ3n) is 5.31. The van der Waals surface area contributed by atoms with Crippen molar-refractivity contribution in [2.45, 2.75) is 56.7 Å². The van der Waals surface area contributed by atoms with E-state index in [-0.39, 0.29) is 33.0 Å². The highest BCUT2D eigenvalue weighted by Gasteiger charge is 2.30. The Hall–Kier alpha value is -2.04. The number of ether oxygens (including phenoxy) is 6. The zero-order valence-electron chi connectivity index (χ0n) is 18.2. The fourth-order valence-corrected chi connectivity index (χ4v) is 3.59. The molecule has 0 spiro atoms. The number of rotatable bonds is 11. The van der Waals surface area contributed by atoms with Crippen LogP contribution in [-0.2, 0) is 44.6 Å². The second-order valence-corrected chi connectivity index (χ2v) is 7.88. The van der Waals surface area contributed by atoms with E-state index in [1.807, 2.05) is 30.3 Å².